The first-order valence-corrected chi connectivity index (χ1v) is 10.9. The zero-order valence-electron chi connectivity index (χ0n) is 17.6. The van der Waals surface area contributed by atoms with Crippen molar-refractivity contribution in [3.05, 3.63) is 17.6 Å². The number of piperidine rings is 2. The van der Waals surface area contributed by atoms with Gasteiger partial charge in [0.15, 0.2) is 0 Å². The molecule has 1 aromatic rings. The van der Waals surface area contributed by atoms with E-state index in [1.54, 1.807) is 0 Å². The van der Waals surface area contributed by atoms with E-state index in [2.05, 4.69) is 41.6 Å². The number of ether oxygens (including phenoxy) is 1. The Labute approximate surface area is 168 Å². The molecule has 4 rings (SSSR count). The maximum Gasteiger partial charge on any atom is 0.222 e. The fourth-order valence-corrected chi connectivity index (χ4v) is 4.92. The number of hydrogen-bond acceptors (Lipinski definition) is 5. The van der Waals surface area contributed by atoms with Gasteiger partial charge in [-0.3, -0.25) is 4.79 Å². The van der Waals surface area contributed by atoms with Crippen molar-refractivity contribution < 1.29 is 9.53 Å². The van der Waals surface area contributed by atoms with Crippen LogP contribution in [0, 0.1) is 12.3 Å². The summed E-state index contributed by atoms with van der Waals surface area (Å²) in [5.74, 6) is 2.65. The van der Waals surface area contributed by atoms with Crippen LogP contribution in [0.4, 0.5) is 5.82 Å². The SMILES string of the molecule is Cc1cc(N2CCC3(CCC(=O)N(C[C@H]4CCCO4)C3)CC2)nc(C(C)C)n1. The molecule has 0 aliphatic carbocycles. The maximum absolute atomic E-state index is 12.5. The van der Waals surface area contributed by atoms with Crippen molar-refractivity contribution in [2.24, 2.45) is 5.41 Å². The van der Waals surface area contributed by atoms with Crippen molar-refractivity contribution in [1.82, 2.24) is 14.9 Å². The highest BCUT2D eigenvalue weighted by atomic mass is 16.5. The Morgan fingerprint density at radius 1 is 1.25 bits per heavy atom. The van der Waals surface area contributed by atoms with Gasteiger partial charge in [-0.1, -0.05) is 13.8 Å². The molecule has 0 aromatic carbocycles. The number of nitrogens with zero attached hydrogens (tertiary/aromatic N) is 4. The summed E-state index contributed by atoms with van der Waals surface area (Å²) in [6.07, 6.45) is 6.44. The summed E-state index contributed by atoms with van der Waals surface area (Å²) in [6.45, 7) is 10.9. The number of aromatic nitrogens is 2. The Hall–Kier alpha value is -1.69. The maximum atomic E-state index is 12.5. The third-order valence-electron chi connectivity index (χ3n) is 6.72. The Morgan fingerprint density at radius 3 is 2.71 bits per heavy atom. The van der Waals surface area contributed by atoms with Gasteiger partial charge in [0.2, 0.25) is 5.91 Å². The summed E-state index contributed by atoms with van der Waals surface area (Å²) in [6, 6.07) is 2.11. The number of likely N-dealkylation sites (tertiary alicyclic amines) is 1. The largest absolute Gasteiger partial charge is 0.376 e. The molecule has 4 heterocycles. The van der Waals surface area contributed by atoms with Crippen molar-refractivity contribution in [3.8, 4) is 0 Å². The number of rotatable bonds is 4. The summed E-state index contributed by atoms with van der Waals surface area (Å²) in [5.41, 5.74) is 1.31. The van der Waals surface area contributed by atoms with Crippen LogP contribution in [0.15, 0.2) is 6.07 Å². The lowest BCUT2D eigenvalue weighted by Gasteiger charge is -2.48. The normalized spacial score (nSPS) is 25.1. The molecule has 0 N–H and O–H groups in total. The van der Waals surface area contributed by atoms with Crippen molar-refractivity contribution in [3.63, 3.8) is 0 Å². The van der Waals surface area contributed by atoms with Gasteiger partial charge < -0.3 is 14.5 Å². The zero-order chi connectivity index (χ0) is 19.7. The standard InChI is InChI=1S/C22H34N4O2/c1-16(2)21-23-17(3)13-19(24-21)25-10-8-22(9-11-25)7-6-20(27)26(15-22)14-18-5-4-12-28-18/h13,16,18H,4-12,14-15H2,1-3H3/t18-/m1/s1. The number of carbonyl (C=O) groups is 1. The first-order chi connectivity index (χ1) is 13.4. The van der Waals surface area contributed by atoms with Gasteiger partial charge in [0.05, 0.1) is 6.10 Å². The minimum absolute atomic E-state index is 0.248. The minimum atomic E-state index is 0.248. The molecule has 6 nitrogen and oxygen atoms in total. The molecule has 1 aromatic heterocycles. The molecule has 1 atom stereocenters. The van der Waals surface area contributed by atoms with Gasteiger partial charge in [-0.05, 0) is 44.4 Å². The van der Waals surface area contributed by atoms with Crippen molar-refractivity contribution in [2.75, 3.05) is 37.7 Å². The van der Waals surface area contributed by atoms with Crippen LogP contribution in [0.25, 0.3) is 0 Å². The van der Waals surface area contributed by atoms with E-state index >= 15 is 0 Å². The van der Waals surface area contributed by atoms with Gasteiger partial charge in [-0.15, -0.1) is 0 Å². The highest BCUT2D eigenvalue weighted by Gasteiger charge is 2.42. The monoisotopic (exact) mass is 386 g/mol. The van der Waals surface area contributed by atoms with E-state index in [1.807, 2.05) is 0 Å². The van der Waals surface area contributed by atoms with Crippen LogP contribution in [0.3, 0.4) is 0 Å². The third kappa shape index (κ3) is 4.17. The first-order valence-electron chi connectivity index (χ1n) is 10.9. The van der Waals surface area contributed by atoms with Gasteiger partial charge >= 0.3 is 0 Å². The molecular formula is C22H34N4O2. The van der Waals surface area contributed by atoms with Crippen molar-refractivity contribution in [1.29, 1.82) is 0 Å². The molecule has 1 spiro atoms. The van der Waals surface area contributed by atoms with E-state index in [0.717, 1.165) is 82.2 Å². The second-order valence-corrected chi connectivity index (χ2v) is 9.28. The number of carbonyl (C=O) groups excluding carboxylic acids is 1. The molecule has 0 saturated carbocycles. The number of anilines is 1. The lowest BCUT2D eigenvalue weighted by Crippen LogP contribution is -2.53. The molecule has 6 heteroatoms. The molecule has 3 saturated heterocycles. The smallest absolute Gasteiger partial charge is 0.222 e. The van der Waals surface area contributed by atoms with E-state index in [9.17, 15) is 4.79 Å². The first kappa shape index (κ1) is 19.6. The Kier molecular flexibility index (Phi) is 5.59. The quantitative estimate of drug-likeness (QED) is 0.795. The van der Waals surface area contributed by atoms with Gasteiger partial charge in [-0.2, -0.15) is 0 Å². The minimum Gasteiger partial charge on any atom is -0.376 e. The molecule has 3 aliphatic heterocycles. The van der Waals surface area contributed by atoms with E-state index in [1.165, 1.54) is 0 Å². The van der Waals surface area contributed by atoms with Gasteiger partial charge in [0.25, 0.3) is 0 Å². The Balaban J connectivity index is 1.41. The van der Waals surface area contributed by atoms with Gasteiger partial charge in [0.1, 0.15) is 11.6 Å². The van der Waals surface area contributed by atoms with Crippen LogP contribution in [-0.2, 0) is 9.53 Å². The average Bonchev–Trinajstić information content (AvgIpc) is 3.18. The predicted octanol–water partition coefficient (Wildman–Crippen LogP) is 3.30. The topological polar surface area (TPSA) is 58.6 Å². The Bertz CT molecular complexity index is 706. The molecule has 154 valence electrons. The van der Waals surface area contributed by atoms with Crippen LogP contribution in [0.2, 0.25) is 0 Å². The molecule has 28 heavy (non-hydrogen) atoms. The molecule has 3 aliphatic rings. The van der Waals surface area contributed by atoms with Crippen LogP contribution < -0.4 is 4.90 Å². The number of aryl methyl sites for hydroxylation is 1. The third-order valence-corrected chi connectivity index (χ3v) is 6.72. The van der Waals surface area contributed by atoms with Crippen molar-refractivity contribution >= 4 is 11.7 Å². The molecule has 0 radical (unpaired) electrons. The van der Waals surface area contributed by atoms with Crippen LogP contribution in [0.5, 0.6) is 0 Å². The van der Waals surface area contributed by atoms with Crippen LogP contribution >= 0.6 is 0 Å². The second kappa shape index (κ2) is 7.97. The van der Waals surface area contributed by atoms with Crippen LogP contribution in [0.1, 0.15) is 69.8 Å². The predicted molar refractivity (Wildman–Crippen MR) is 110 cm³/mol. The van der Waals surface area contributed by atoms with Gasteiger partial charge in [-0.25, -0.2) is 9.97 Å². The summed E-state index contributed by atoms with van der Waals surface area (Å²) < 4.78 is 5.78. The van der Waals surface area contributed by atoms with E-state index < -0.39 is 0 Å². The highest BCUT2D eigenvalue weighted by molar-refractivity contribution is 5.77. The summed E-state index contributed by atoms with van der Waals surface area (Å²) >= 11 is 0. The van der Waals surface area contributed by atoms with E-state index in [4.69, 9.17) is 9.72 Å². The zero-order valence-corrected chi connectivity index (χ0v) is 17.6. The van der Waals surface area contributed by atoms with Crippen LogP contribution in [-0.4, -0.2) is 59.7 Å². The number of amides is 1. The lowest BCUT2D eigenvalue weighted by molar-refractivity contribution is -0.140. The summed E-state index contributed by atoms with van der Waals surface area (Å²) in [5, 5.41) is 0. The summed E-state index contributed by atoms with van der Waals surface area (Å²) in [4.78, 5) is 26.4. The lowest BCUT2D eigenvalue weighted by atomic mass is 9.72. The van der Waals surface area contributed by atoms with E-state index in [0.29, 0.717) is 18.2 Å². The Morgan fingerprint density at radius 2 is 2.04 bits per heavy atom. The fraction of sp³-hybridized carbons (Fsp3) is 0.773. The average molecular weight is 387 g/mol. The van der Waals surface area contributed by atoms with Crippen molar-refractivity contribution in [2.45, 2.75) is 71.3 Å². The molecule has 3 fully saturated rings. The molecule has 1 amide bonds. The van der Waals surface area contributed by atoms with Gasteiger partial charge in [0, 0.05) is 56.9 Å². The second-order valence-electron chi connectivity index (χ2n) is 9.28. The molecule has 0 unspecified atom stereocenters. The highest BCUT2D eigenvalue weighted by Crippen LogP contribution is 2.41. The number of hydrogen-bond donors (Lipinski definition) is 0. The summed E-state index contributed by atoms with van der Waals surface area (Å²) in [7, 11) is 0. The molecule has 0 bridgehead atoms. The molecular weight excluding hydrogens is 352 g/mol. The fourth-order valence-electron chi connectivity index (χ4n) is 4.92. The van der Waals surface area contributed by atoms with E-state index in [-0.39, 0.29) is 11.5 Å².